The van der Waals surface area contributed by atoms with Crippen molar-refractivity contribution in [2.75, 3.05) is 11.4 Å². The quantitative estimate of drug-likeness (QED) is 0.153. The zero-order chi connectivity index (χ0) is 31.7. The van der Waals surface area contributed by atoms with Gasteiger partial charge >= 0.3 is 0 Å². The van der Waals surface area contributed by atoms with E-state index in [0.29, 0.717) is 51.5 Å². The van der Waals surface area contributed by atoms with Crippen LogP contribution in [0.3, 0.4) is 0 Å². The fraction of sp³-hybridized carbons (Fsp3) is 0.471. The van der Waals surface area contributed by atoms with Gasteiger partial charge in [-0.05, 0) is 100 Å². The second-order valence-corrected chi connectivity index (χ2v) is 13.1. The van der Waals surface area contributed by atoms with Crippen molar-refractivity contribution >= 4 is 29.3 Å². The molecule has 2 fully saturated rings. The number of benzene rings is 2. The molecular weight excluding hydrogens is 596 g/mol. The molecule has 3 aliphatic rings. The van der Waals surface area contributed by atoms with E-state index in [1.165, 1.54) is 23.8 Å². The van der Waals surface area contributed by atoms with Gasteiger partial charge in [0.25, 0.3) is 0 Å². The number of anilines is 1. The summed E-state index contributed by atoms with van der Waals surface area (Å²) in [6.45, 7) is 2.42. The maximum absolute atomic E-state index is 15.5. The minimum Gasteiger partial charge on any atom is -0.388 e. The molecule has 2 aromatic carbocycles. The summed E-state index contributed by atoms with van der Waals surface area (Å²) in [4.78, 5) is 13.3. The lowest BCUT2D eigenvalue weighted by molar-refractivity contribution is 0.186. The zero-order valence-electron chi connectivity index (χ0n) is 25.6. The summed E-state index contributed by atoms with van der Waals surface area (Å²) in [5.74, 6) is 0.335. The van der Waals surface area contributed by atoms with Gasteiger partial charge in [-0.25, -0.2) is 13.8 Å². The number of aromatic amines is 1. The van der Waals surface area contributed by atoms with Crippen LogP contribution in [0.4, 0.5) is 14.5 Å². The van der Waals surface area contributed by atoms with E-state index in [9.17, 15) is 5.11 Å². The normalized spacial score (nSPS) is 22.5. The summed E-state index contributed by atoms with van der Waals surface area (Å²) >= 11 is 6.31. The average Bonchev–Trinajstić information content (AvgIpc) is 3.78. The molecule has 1 aromatic heterocycles. The number of aryl methyl sites for hydroxylation is 1. The van der Waals surface area contributed by atoms with E-state index in [-0.39, 0.29) is 29.0 Å². The monoisotopic (exact) mass is 637 g/mol. The van der Waals surface area contributed by atoms with Crippen molar-refractivity contribution in [3.05, 3.63) is 74.9 Å². The summed E-state index contributed by atoms with van der Waals surface area (Å²) in [5, 5.41) is 15.2. The van der Waals surface area contributed by atoms with Crippen molar-refractivity contribution < 1.29 is 13.9 Å². The van der Waals surface area contributed by atoms with Crippen LogP contribution in [-0.4, -0.2) is 40.9 Å². The van der Waals surface area contributed by atoms with E-state index in [2.05, 4.69) is 20.3 Å². The molecule has 45 heavy (non-hydrogen) atoms. The fourth-order valence-electron chi connectivity index (χ4n) is 6.55. The van der Waals surface area contributed by atoms with E-state index in [1.807, 2.05) is 0 Å². The predicted molar refractivity (Wildman–Crippen MR) is 175 cm³/mol. The minimum atomic E-state index is -1.28. The first kappa shape index (κ1) is 31.7. The highest BCUT2D eigenvalue weighted by molar-refractivity contribution is 6.31. The molecule has 0 spiro atoms. The Balaban J connectivity index is 1.19. The van der Waals surface area contributed by atoms with Crippen molar-refractivity contribution in [2.24, 2.45) is 27.4 Å². The Morgan fingerprint density at radius 1 is 1.18 bits per heavy atom. The lowest BCUT2D eigenvalue weighted by Crippen LogP contribution is -2.41. The molecule has 4 atom stereocenters. The number of halogens is 3. The molecule has 3 aromatic rings. The number of amidine groups is 1. The Kier molecular flexibility index (Phi) is 9.56. The van der Waals surface area contributed by atoms with Gasteiger partial charge in [-0.3, -0.25) is 4.99 Å². The number of nitrogens with one attached hydrogen (secondary N) is 2. The number of fused-ring (bicyclic) bond motifs is 1. The molecule has 6 rings (SSSR count). The van der Waals surface area contributed by atoms with E-state index < -0.39 is 12.2 Å². The lowest BCUT2D eigenvalue weighted by Gasteiger charge is -2.32. The highest BCUT2D eigenvalue weighted by Gasteiger charge is 2.28. The van der Waals surface area contributed by atoms with Crippen molar-refractivity contribution in [3.63, 3.8) is 0 Å². The van der Waals surface area contributed by atoms with Crippen LogP contribution in [0, 0.1) is 17.6 Å². The largest absolute Gasteiger partial charge is 0.388 e. The van der Waals surface area contributed by atoms with Crippen LogP contribution in [-0.2, 0) is 6.42 Å². The second-order valence-electron chi connectivity index (χ2n) is 12.7. The molecule has 1 saturated carbocycles. The van der Waals surface area contributed by atoms with Gasteiger partial charge in [0.1, 0.15) is 11.3 Å². The van der Waals surface area contributed by atoms with Gasteiger partial charge in [0.15, 0.2) is 5.82 Å². The third-order valence-electron chi connectivity index (χ3n) is 9.19. The van der Waals surface area contributed by atoms with Crippen molar-refractivity contribution in [2.45, 2.75) is 89.2 Å². The van der Waals surface area contributed by atoms with Crippen LogP contribution in [0.5, 0.6) is 0 Å². The fourth-order valence-corrected chi connectivity index (χ4v) is 6.79. The van der Waals surface area contributed by atoms with Crippen LogP contribution in [0.2, 0.25) is 5.02 Å². The first-order valence-electron chi connectivity index (χ1n) is 16.0. The van der Waals surface area contributed by atoms with Gasteiger partial charge in [-0.15, -0.1) is 0 Å². The number of piperidine rings is 1. The molecule has 1 saturated heterocycles. The van der Waals surface area contributed by atoms with Gasteiger partial charge in [0.2, 0.25) is 6.35 Å². The average molecular weight is 638 g/mol. The van der Waals surface area contributed by atoms with Crippen LogP contribution >= 0.6 is 11.6 Å². The summed E-state index contributed by atoms with van der Waals surface area (Å²) in [7, 11) is 0. The molecule has 7 N–H and O–H groups in total. The number of aliphatic imine (C=N–C) groups is 1. The molecule has 0 bridgehead atoms. The Bertz CT molecular complexity index is 1680. The molecule has 0 amide bonds. The number of hydrogen-bond acceptors (Lipinski definition) is 6. The lowest BCUT2D eigenvalue weighted by atomic mass is 9.91. The highest BCUT2D eigenvalue weighted by Crippen LogP contribution is 2.34. The van der Waals surface area contributed by atoms with E-state index in [1.54, 1.807) is 43.5 Å². The van der Waals surface area contributed by atoms with Crippen LogP contribution in [0.15, 0.2) is 46.4 Å². The maximum Gasteiger partial charge on any atom is 0.231 e. The van der Waals surface area contributed by atoms with E-state index in [0.717, 1.165) is 50.5 Å². The highest BCUT2D eigenvalue weighted by atomic mass is 35.5. The third kappa shape index (κ3) is 7.41. The van der Waals surface area contributed by atoms with Gasteiger partial charge in [-0.2, -0.15) is 0 Å². The van der Waals surface area contributed by atoms with Crippen LogP contribution in [0.1, 0.15) is 75.5 Å². The van der Waals surface area contributed by atoms with Gasteiger partial charge in [-0.1, -0.05) is 24.1 Å². The standard InChI is InChI=1S/C34H42ClF2N7O/c1-19(38)40-13-12-23-5-3-7-30(41-23)25-11-10-24(17-28(25)36)44-18-22-16-31(42-33(22)43-34(44)45)26-14-20(15-27(35)32(26)37)4-2-6-29(39)21-8-9-21/h10-11,14-18,21,23,29-30,34,41,45H,2-9,12-13,39H2,1H3,(H2,38,40)(H,42,43)/t23-,29+,30-,34?/m0/s1. The number of H-pyrrole nitrogens is 1. The Morgan fingerprint density at radius 2 is 2.00 bits per heavy atom. The molecule has 8 nitrogen and oxygen atoms in total. The van der Waals surface area contributed by atoms with Crippen molar-refractivity contribution in [1.29, 1.82) is 0 Å². The van der Waals surface area contributed by atoms with Crippen molar-refractivity contribution in [3.8, 4) is 11.3 Å². The molecule has 11 heteroatoms. The van der Waals surface area contributed by atoms with Crippen molar-refractivity contribution in [1.82, 2.24) is 10.3 Å². The second kappa shape index (κ2) is 13.6. The number of aromatic nitrogens is 1. The van der Waals surface area contributed by atoms with Gasteiger partial charge in [0, 0.05) is 52.9 Å². The third-order valence-corrected chi connectivity index (χ3v) is 9.46. The first-order valence-corrected chi connectivity index (χ1v) is 16.3. The molecule has 240 valence electrons. The van der Waals surface area contributed by atoms with Gasteiger partial charge < -0.3 is 31.8 Å². The Morgan fingerprint density at radius 3 is 2.76 bits per heavy atom. The number of hydrogen-bond donors (Lipinski definition) is 5. The van der Waals surface area contributed by atoms with E-state index >= 15 is 8.78 Å². The number of nitrogens with two attached hydrogens (primary N) is 2. The van der Waals surface area contributed by atoms with Crippen LogP contribution < -0.4 is 32.4 Å². The smallest absolute Gasteiger partial charge is 0.231 e. The molecule has 1 aliphatic carbocycles. The van der Waals surface area contributed by atoms with Gasteiger partial charge in [0.05, 0.1) is 16.6 Å². The first-order chi connectivity index (χ1) is 21.7. The Hall–Kier alpha value is -3.31. The SMILES string of the molecule is CC(N)=NCC[C@@H]1CCC[C@@H](c2ccc(N3C=c4cc(-c5cc(CCC[C@@H](N)C6CC6)cc(Cl)c5F)[nH]c4=NC3O)cc2F)N1. The number of nitrogens with zero attached hydrogens (tertiary/aromatic N) is 3. The Labute approximate surface area is 267 Å². The minimum absolute atomic E-state index is 0.0534. The summed E-state index contributed by atoms with van der Waals surface area (Å²) in [5.41, 5.74) is 15.1. The summed E-state index contributed by atoms with van der Waals surface area (Å²) in [6.07, 6.45) is 9.11. The number of aliphatic hydroxyl groups is 1. The predicted octanol–water partition coefficient (Wildman–Crippen LogP) is 4.78. The topological polar surface area (TPSA) is 128 Å². The molecular formula is C34H42ClF2N7O. The van der Waals surface area contributed by atoms with E-state index in [4.69, 9.17) is 23.1 Å². The summed E-state index contributed by atoms with van der Waals surface area (Å²) in [6, 6.07) is 10.6. The molecule has 1 unspecified atom stereocenters. The maximum atomic E-state index is 15.5. The molecule has 2 aliphatic heterocycles. The molecule has 3 heterocycles. The van der Waals surface area contributed by atoms with Crippen LogP contribution in [0.25, 0.3) is 17.5 Å². The number of aliphatic hydroxyl groups excluding tert-OH is 1. The zero-order valence-corrected chi connectivity index (χ0v) is 26.3. The number of rotatable bonds is 11. The summed E-state index contributed by atoms with van der Waals surface area (Å²) < 4.78 is 30.8. The molecule has 0 radical (unpaired) electrons.